The topological polar surface area (TPSA) is 83.5 Å². The first kappa shape index (κ1) is 8.70. The molecule has 1 aromatic carbocycles. The third kappa shape index (κ3) is 1.44. The molecule has 1 atom stereocenters. The Kier molecular flexibility index (Phi) is 2.12. The fraction of sp³-hybridized carbons (Fsp3) is 0.125. The van der Waals surface area contributed by atoms with E-state index in [2.05, 4.69) is 0 Å². The summed E-state index contributed by atoms with van der Waals surface area (Å²) >= 11 is 0. The standard InChI is InChI=1S/C8H9NO3/c9-8(12,7(10)11)6-4-2-1-3-5-6/h1-5,12H,9H2,(H,10,11). The highest BCUT2D eigenvalue weighted by Gasteiger charge is 2.32. The predicted molar refractivity (Wildman–Crippen MR) is 42.2 cm³/mol. The molecule has 0 spiro atoms. The van der Waals surface area contributed by atoms with E-state index in [1.54, 1.807) is 18.2 Å². The highest BCUT2D eigenvalue weighted by atomic mass is 16.4. The normalized spacial score (nSPS) is 15.2. The molecule has 1 rings (SSSR count). The lowest BCUT2D eigenvalue weighted by Gasteiger charge is -2.17. The van der Waals surface area contributed by atoms with Crippen LogP contribution in [-0.4, -0.2) is 16.2 Å². The van der Waals surface area contributed by atoms with Gasteiger partial charge in [-0.2, -0.15) is 0 Å². The lowest BCUT2D eigenvalue weighted by molar-refractivity contribution is -0.159. The van der Waals surface area contributed by atoms with Gasteiger partial charge >= 0.3 is 5.97 Å². The molecule has 64 valence electrons. The molecule has 1 aromatic rings. The van der Waals surface area contributed by atoms with E-state index in [1.165, 1.54) is 12.1 Å². The van der Waals surface area contributed by atoms with Crippen LogP contribution in [0.5, 0.6) is 0 Å². The molecule has 12 heavy (non-hydrogen) atoms. The van der Waals surface area contributed by atoms with Crippen molar-refractivity contribution >= 4 is 5.97 Å². The monoisotopic (exact) mass is 167 g/mol. The maximum atomic E-state index is 10.4. The number of rotatable bonds is 2. The summed E-state index contributed by atoms with van der Waals surface area (Å²) in [7, 11) is 0. The largest absolute Gasteiger partial charge is 0.478 e. The Morgan fingerprint density at radius 3 is 2.25 bits per heavy atom. The highest BCUT2D eigenvalue weighted by Crippen LogP contribution is 2.13. The molecule has 1 unspecified atom stereocenters. The number of hydrogen-bond acceptors (Lipinski definition) is 3. The Morgan fingerprint density at radius 2 is 1.83 bits per heavy atom. The molecule has 0 fully saturated rings. The summed E-state index contributed by atoms with van der Waals surface area (Å²) < 4.78 is 0. The molecule has 4 nitrogen and oxygen atoms in total. The molecule has 0 aliphatic rings. The van der Waals surface area contributed by atoms with Crippen LogP contribution in [0.25, 0.3) is 0 Å². The molecule has 0 amide bonds. The first-order chi connectivity index (χ1) is 5.55. The second kappa shape index (κ2) is 2.92. The van der Waals surface area contributed by atoms with Gasteiger partial charge in [0, 0.05) is 5.56 Å². The van der Waals surface area contributed by atoms with E-state index in [-0.39, 0.29) is 5.56 Å². The molecule has 4 N–H and O–H groups in total. The summed E-state index contributed by atoms with van der Waals surface area (Å²) in [6.45, 7) is 0. The Labute approximate surface area is 69.3 Å². The number of carboxylic acids is 1. The summed E-state index contributed by atoms with van der Waals surface area (Å²) in [5.41, 5.74) is 3.01. The van der Waals surface area contributed by atoms with Gasteiger partial charge < -0.3 is 10.2 Å². The third-order valence-corrected chi connectivity index (χ3v) is 1.54. The number of aliphatic hydroxyl groups is 1. The van der Waals surface area contributed by atoms with Gasteiger partial charge in [-0.15, -0.1) is 0 Å². The minimum atomic E-state index is -2.29. The summed E-state index contributed by atoms with van der Waals surface area (Å²) in [6.07, 6.45) is 0. The maximum Gasteiger partial charge on any atom is 0.356 e. The Bertz CT molecular complexity index is 282. The van der Waals surface area contributed by atoms with E-state index in [1.807, 2.05) is 0 Å². The van der Waals surface area contributed by atoms with Gasteiger partial charge in [-0.3, -0.25) is 5.73 Å². The molecule has 0 aromatic heterocycles. The molecule has 0 aliphatic carbocycles. The predicted octanol–water partition coefficient (Wildman–Crippen LogP) is -0.125. The van der Waals surface area contributed by atoms with Crippen molar-refractivity contribution in [2.24, 2.45) is 5.73 Å². The number of benzene rings is 1. The van der Waals surface area contributed by atoms with Crippen LogP contribution in [0.4, 0.5) is 0 Å². The van der Waals surface area contributed by atoms with Gasteiger partial charge in [0.15, 0.2) is 0 Å². The van der Waals surface area contributed by atoms with Crippen molar-refractivity contribution in [3.63, 3.8) is 0 Å². The van der Waals surface area contributed by atoms with Crippen molar-refractivity contribution in [3.8, 4) is 0 Å². The molecule has 0 bridgehead atoms. The summed E-state index contributed by atoms with van der Waals surface area (Å²) in [4.78, 5) is 10.4. The van der Waals surface area contributed by atoms with Crippen LogP contribution in [0.3, 0.4) is 0 Å². The average Bonchev–Trinajstić information content (AvgIpc) is 2.06. The summed E-state index contributed by atoms with van der Waals surface area (Å²) in [6, 6.07) is 7.83. The highest BCUT2D eigenvalue weighted by molar-refractivity contribution is 5.78. The molecule has 0 radical (unpaired) electrons. The maximum absolute atomic E-state index is 10.4. The van der Waals surface area contributed by atoms with Crippen molar-refractivity contribution in [3.05, 3.63) is 35.9 Å². The lowest BCUT2D eigenvalue weighted by Crippen LogP contribution is -2.44. The van der Waals surface area contributed by atoms with E-state index in [9.17, 15) is 9.90 Å². The van der Waals surface area contributed by atoms with Gasteiger partial charge in [-0.25, -0.2) is 4.79 Å². The van der Waals surface area contributed by atoms with Gasteiger partial charge in [0.25, 0.3) is 0 Å². The first-order valence-electron chi connectivity index (χ1n) is 3.35. The zero-order valence-corrected chi connectivity index (χ0v) is 6.27. The summed E-state index contributed by atoms with van der Waals surface area (Å²) in [5.74, 6) is -1.46. The second-order valence-corrected chi connectivity index (χ2v) is 2.44. The average molecular weight is 167 g/mol. The van der Waals surface area contributed by atoms with E-state index >= 15 is 0 Å². The van der Waals surface area contributed by atoms with Gasteiger partial charge in [-0.05, 0) is 0 Å². The lowest BCUT2D eigenvalue weighted by atomic mass is 10.0. The number of carboxylic acid groups (broad SMARTS) is 1. The van der Waals surface area contributed by atoms with Crippen molar-refractivity contribution in [1.29, 1.82) is 0 Å². The molecule has 0 saturated carbocycles. The fourth-order valence-corrected chi connectivity index (χ4v) is 0.816. The van der Waals surface area contributed by atoms with Gasteiger partial charge in [0.1, 0.15) is 0 Å². The number of aliphatic carboxylic acids is 1. The smallest absolute Gasteiger partial charge is 0.356 e. The number of hydrogen-bond donors (Lipinski definition) is 3. The Balaban J connectivity index is 3.06. The SMILES string of the molecule is NC(O)(C(=O)O)c1ccccc1. The van der Waals surface area contributed by atoms with Gasteiger partial charge in [-0.1, -0.05) is 30.3 Å². The molecular weight excluding hydrogens is 158 g/mol. The van der Waals surface area contributed by atoms with E-state index < -0.39 is 11.7 Å². The fourth-order valence-electron chi connectivity index (χ4n) is 0.816. The van der Waals surface area contributed by atoms with Crippen LogP contribution < -0.4 is 5.73 Å². The van der Waals surface area contributed by atoms with Crippen LogP contribution in [0.15, 0.2) is 30.3 Å². The molecule has 0 aliphatic heterocycles. The van der Waals surface area contributed by atoms with Crippen LogP contribution in [-0.2, 0) is 10.5 Å². The van der Waals surface area contributed by atoms with Crippen LogP contribution in [0, 0.1) is 0 Å². The van der Waals surface area contributed by atoms with E-state index in [4.69, 9.17) is 10.8 Å². The molecule has 0 saturated heterocycles. The quantitative estimate of drug-likeness (QED) is 0.536. The van der Waals surface area contributed by atoms with Crippen molar-refractivity contribution in [2.75, 3.05) is 0 Å². The zero-order valence-electron chi connectivity index (χ0n) is 6.27. The Hall–Kier alpha value is -1.39. The van der Waals surface area contributed by atoms with Crippen LogP contribution in [0.2, 0.25) is 0 Å². The second-order valence-electron chi connectivity index (χ2n) is 2.44. The van der Waals surface area contributed by atoms with E-state index in [0.717, 1.165) is 0 Å². The minimum absolute atomic E-state index is 0.164. The number of nitrogens with two attached hydrogens (primary N) is 1. The van der Waals surface area contributed by atoms with Crippen molar-refractivity contribution in [1.82, 2.24) is 0 Å². The van der Waals surface area contributed by atoms with Gasteiger partial charge in [0.05, 0.1) is 0 Å². The molecular formula is C8H9NO3. The van der Waals surface area contributed by atoms with Crippen LogP contribution >= 0.6 is 0 Å². The third-order valence-electron chi connectivity index (χ3n) is 1.54. The van der Waals surface area contributed by atoms with Crippen LogP contribution in [0.1, 0.15) is 5.56 Å². The van der Waals surface area contributed by atoms with Crippen molar-refractivity contribution < 1.29 is 15.0 Å². The van der Waals surface area contributed by atoms with E-state index in [0.29, 0.717) is 0 Å². The minimum Gasteiger partial charge on any atom is -0.478 e. The number of carbonyl (C=O) groups is 1. The molecule has 0 heterocycles. The Morgan fingerprint density at radius 1 is 1.33 bits per heavy atom. The first-order valence-corrected chi connectivity index (χ1v) is 3.35. The van der Waals surface area contributed by atoms with Gasteiger partial charge in [0.2, 0.25) is 5.72 Å². The molecule has 4 heteroatoms. The summed E-state index contributed by atoms with van der Waals surface area (Å²) in [5, 5.41) is 17.8. The zero-order chi connectivity index (χ0) is 9.19. The van der Waals surface area contributed by atoms with Crippen molar-refractivity contribution in [2.45, 2.75) is 5.72 Å².